The Kier molecular flexibility index (Phi) is 12.3. The summed E-state index contributed by atoms with van der Waals surface area (Å²) >= 11 is 0. The third kappa shape index (κ3) is 8.97. The Morgan fingerprint density at radius 1 is 0.351 bits per heavy atom. The van der Waals surface area contributed by atoms with Crippen molar-refractivity contribution in [3.8, 4) is 79.1 Å². The van der Waals surface area contributed by atoms with Crippen LogP contribution in [0.25, 0.3) is 111 Å². The Morgan fingerprint density at radius 3 is 1.06 bits per heavy atom. The van der Waals surface area contributed by atoms with Crippen molar-refractivity contribution in [3.05, 3.63) is 277 Å². The molecule has 0 aliphatic carbocycles. The summed E-state index contributed by atoms with van der Waals surface area (Å²) in [7, 11) is 0. The van der Waals surface area contributed by atoms with Crippen LogP contribution in [0.1, 0.15) is 22.3 Å². The largest absolute Gasteiger partial charge is 0.416 e. The zero-order valence-corrected chi connectivity index (χ0v) is 41.7. The van der Waals surface area contributed by atoms with Gasteiger partial charge < -0.3 is 9.13 Å². The summed E-state index contributed by atoms with van der Waals surface area (Å²) in [5.74, 6) is 0. The molecule has 0 N–H and O–H groups in total. The minimum Gasteiger partial charge on any atom is -0.308 e. The van der Waals surface area contributed by atoms with Gasteiger partial charge in [0.2, 0.25) is 0 Å². The number of aryl methyl sites for hydroxylation is 1. The number of benzene rings is 11. The predicted octanol–water partition coefficient (Wildman–Crippen LogP) is 19.0. The van der Waals surface area contributed by atoms with Crippen LogP contribution in [-0.4, -0.2) is 9.13 Å². The fourth-order valence-electron chi connectivity index (χ4n) is 10.7. The molecular formula is C70H45F3N4. The van der Waals surface area contributed by atoms with Crippen LogP contribution in [0, 0.1) is 29.6 Å². The van der Waals surface area contributed by atoms with E-state index in [1.54, 1.807) is 6.07 Å². The summed E-state index contributed by atoms with van der Waals surface area (Å²) in [6.07, 6.45) is -4.74. The number of hydrogen-bond donors (Lipinski definition) is 0. The minimum absolute atomic E-state index is 0.147. The van der Waals surface area contributed by atoms with Crippen LogP contribution < -0.4 is 0 Å². The Hall–Kier alpha value is -10.2. The van der Waals surface area contributed by atoms with E-state index in [9.17, 15) is 23.7 Å². The van der Waals surface area contributed by atoms with Crippen LogP contribution in [0.5, 0.6) is 0 Å². The lowest BCUT2D eigenvalue weighted by molar-refractivity contribution is -0.137. The quantitative estimate of drug-likeness (QED) is 0.160. The second-order valence-electron chi connectivity index (χ2n) is 19.1. The van der Waals surface area contributed by atoms with E-state index in [0.717, 1.165) is 100 Å². The normalized spacial score (nSPS) is 11.4. The number of hydrogen-bond acceptors (Lipinski definition) is 2. The first kappa shape index (κ1) is 47.8. The zero-order chi connectivity index (χ0) is 52.6. The van der Waals surface area contributed by atoms with E-state index in [1.807, 2.05) is 132 Å². The number of aromatic nitrogens is 2. The van der Waals surface area contributed by atoms with E-state index >= 15 is 0 Å². The monoisotopic (exact) mass is 998 g/mol. The molecule has 0 atom stereocenters. The molecule has 0 unspecified atom stereocenters. The molecule has 77 heavy (non-hydrogen) atoms. The van der Waals surface area contributed by atoms with E-state index in [2.05, 4.69) is 127 Å². The minimum atomic E-state index is -4.74. The highest BCUT2D eigenvalue weighted by atomic mass is 19.4. The van der Waals surface area contributed by atoms with Gasteiger partial charge in [-0.2, -0.15) is 23.7 Å². The van der Waals surface area contributed by atoms with Gasteiger partial charge in [-0.05, 0) is 130 Å². The third-order valence-corrected chi connectivity index (χ3v) is 14.3. The highest BCUT2D eigenvalue weighted by molar-refractivity contribution is 6.14. The molecule has 0 bridgehead atoms. The van der Waals surface area contributed by atoms with Crippen molar-refractivity contribution < 1.29 is 13.2 Å². The summed E-state index contributed by atoms with van der Waals surface area (Å²) in [4.78, 5) is 0. The van der Waals surface area contributed by atoms with E-state index in [4.69, 9.17) is 0 Å². The summed E-state index contributed by atoms with van der Waals surface area (Å²) < 4.78 is 48.3. The van der Waals surface area contributed by atoms with Gasteiger partial charge >= 0.3 is 6.18 Å². The Bertz CT molecular complexity index is 4240. The highest BCUT2D eigenvalue weighted by Crippen LogP contribution is 2.45. The molecule has 0 aliphatic rings. The molecule has 0 fully saturated rings. The molecule has 2 aromatic heterocycles. The molecule has 0 amide bonds. The first-order valence-electron chi connectivity index (χ1n) is 25.3. The lowest BCUT2D eigenvalue weighted by Gasteiger charge is -2.21. The number of rotatable bonds is 7. The van der Waals surface area contributed by atoms with Crippen molar-refractivity contribution in [2.45, 2.75) is 13.1 Å². The predicted molar refractivity (Wildman–Crippen MR) is 308 cm³/mol. The SMILES string of the molecule is Cc1ccccc1.N#Cc1cc(-c2ccc(-n3c4ccc(-c5ccccc5)cc4c4cc(-c5ccccc5)ccc43)c(C#N)c2-n2c3ccc(-c4ccccc4)cc3c3cc(-c4ccccc4)ccc32)cc(C(F)(F)F)c1. The number of nitrogens with zero attached hydrogens (tertiary/aromatic N) is 4. The van der Waals surface area contributed by atoms with E-state index in [1.165, 1.54) is 11.6 Å². The van der Waals surface area contributed by atoms with Crippen molar-refractivity contribution in [1.29, 1.82) is 10.5 Å². The summed E-state index contributed by atoms with van der Waals surface area (Å²) in [5, 5.41) is 25.7. The van der Waals surface area contributed by atoms with Crippen LogP contribution in [0.2, 0.25) is 0 Å². The highest BCUT2D eigenvalue weighted by Gasteiger charge is 2.32. The maximum absolute atomic E-state index is 14.7. The molecule has 2 heterocycles. The molecule has 0 saturated heterocycles. The Morgan fingerprint density at radius 2 is 0.727 bits per heavy atom. The van der Waals surface area contributed by atoms with Crippen molar-refractivity contribution >= 4 is 43.6 Å². The molecule has 13 rings (SSSR count). The Balaban J connectivity index is 0.000000790. The van der Waals surface area contributed by atoms with E-state index < -0.39 is 11.7 Å². The molecule has 0 radical (unpaired) electrons. The van der Waals surface area contributed by atoms with Crippen molar-refractivity contribution in [2.75, 3.05) is 0 Å². The molecular weight excluding hydrogens is 954 g/mol. The topological polar surface area (TPSA) is 57.4 Å². The molecule has 0 aliphatic heterocycles. The van der Waals surface area contributed by atoms with Gasteiger partial charge in [-0.3, -0.25) is 0 Å². The van der Waals surface area contributed by atoms with Gasteiger partial charge in [-0.25, -0.2) is 0 Å². The van der Waals surface area contributed by atoms with Crippen molar-refractivity contribution in [1.82, 2.24) is 9.13 Å². The van der Waals surface area contributed by atoms with Gasteiger partial charge in [0.05, 0.1) is 50.6 Å². The fourth-order valence-corrected chi connectivity index (χ4v) is 10.7. The zero-order valence-electron chi connectivity index (χ0n) is 41.7. The Labute approximate surface area is 443 Å². The fraction of sp³-hybridized carbons (Fsp3) is 0.0286. The summed E-state index contributed by atoms with van der Waals surface area (Å²) in [5.41, 5.74) is 13.3. The van der Waals surface area contributed by atoms with Crippen LogP contribution in [0.4, 0.5) is 13.2 Å². The van der Waals surface area contributed by atoms with Crippen molar-refractivity contribution in [3.63, 3.8) is 0 Å². The van der Waals surface area contributed by atoms with Crippen molar-refractivity contribution in [2.24, 2.45) is 0 Å². The van der Waals surface area contributed by atoms with Crippen LogP contribution in [-0.2, 0) is 6.18 Å². The second kappa shape index (κ2) is 19.9. The molecule has 4 nitrogen and oxygen atoms in total. The average molecular weight is 999 g/mol. The number of halogens is 3. The van der Waals surface area contributed by atoms with E-state index in [-0.39, 0.29) is 16.7 Å². The first-order valence-corrected chi connectivity index (χ1v) is 25.3. The lowest BCUT2D eigenvalue weighted by Crippen LogP contribution is -2.08. The maximum Gasteiger partial charge on any atom is 0.416 e. The van der Waals surface area contributed by atoms with Gasteiger partial charge in [0.15, 0.2) is 0 Å². The molecule has 0 spiro atoms. The van der Waals surface area contributed by atoms with E-state index in [0.29, 0.717) is 16.9 Å². The van der Waals surface area contributed by atoms with Gasteiger partial charge in [0.25, 0.3) is 0 Å². The number of nitriles is 2. The van der Waals surface area contributed by atoms with Crippen LogP contribution in [0.3, 0.4) is 0 Å². The maximum atomic E-state index is 14.7. The second-order valence-corrected chi connectivity index (χ2v) is 19.1. The standard InChI is InChI=1S/C63H37F3N4.C7H8/c64-63(65,66)50-32-40(38-67)31-49(33-50)51-25-30-61(69-57-26-21-45(41-13-5-1-6-14-41)34-52(57)53-35-46(22-27-58(53)69)42-15-7-2-8-16-42)56(39-68)62(51)70-59-28-23-47(43-17-9-3-10-18-43)36-54(59)55-37-48(24-29-60(55)70)44-19-11-4-12-20-44;1-7-5-3-2-4-6-7/h1-37H;2-6H,1H3. The van der Waals surface area contributed by atoms with Gasteiger partial charge in [0, 0.05) is 27.1 Å². The van der Waals surface area contributed by atoms with Gasteiger partial charge in [0.1, 0.15) is 11.6 Å². The molecule has 366 valence electrons. The average Bonchev–Trinajstić information content (AvgIpc) is 4.22. The molecule has 7 heteroatoms. The molecule has 11 aromatic carbocycles. The summed E-state index contributed by atoms with van der Waals surface area (Å²) in [6.45, 7) is 2.08. The van der Waals surface area contributed by atoms with Gasteiger partial charge in [-0.1, -0.05) is 188 Å². The lowest BCUT2D eigenvalue weighted by atomic mass is 9.95. The first-order chi connectivity index (χ1) is 37.6. The number of alkyl halides is 3. The van der Waals surface area contributed by atoms with Crippen LogP contribution >= 0.6 is 0 Å². The van der Waals surface area contributed by atoms with Crippen LogP contribution in [0.15, 0.2) is 255 Å². The van der Waals surface area contributed by atoms with Gasteiger partial charge in [-0.15, -0.1) is 0 Å². The number of fused-ring (bicyclic) bond motifs is 6. The molecule has 0 saturated carbocycles. The smallest absolute Gasteiger partial charge is 0.308 e. The summed E-state index contributed by atoms with van der Waals surface area (Å²) in [6, 6.07) is 87.6. The molecule has 13 aromatic rings. The third-order valence-electron chi connectivity index (χ3n) is 14.3.